The summed E-state index contributed by atoms with van der Waals surface area (Å²) in [4.78, 5) is 8.32. The molecule has 0 bridgehead atoms. The van der Waals surface area contributed by atoms with Crippen LogP contribution in [0, 0.1) is 6.92 Å². The number of aryl methyl sites for hydroxylation is 1. The second-order valence-electron chi connectivity index (χ2n) is 2.91. The van der Waals surface area contributed by atoms with Crippen LogP contribution in [-0.4, -0.2) is 9.97 Å². The van der Waals surface area contributed by atoms with Crippen molar-refractivity contribution in [2.45, 2.75) is 34.6 Å². The fraction of sp³-hybridized carbons (Fsp3) is 0.333. The van der Waals surface area contributed by atoms with Gasteiger partial charge in [-0.15, -0.1) is 0 Å². The average molecular weight is 230 g/mol. The molecule has 92 valence electrons. The van der Waals surface area contributed by atoms with E-state index in [4.69, 9.17) is 0 Å². The van der Waals surface area contributed by atoms with Gasteiger partial charge in [-0.3, -0.25) is 9.97 Å². The highest BCUT2D eigenvalue weighted by Crippen LogP contribution is 2.18. The monoisotopic (exact) mass is 230 g/mol. The molecule has 0 atom stereocenters. The predicted molar refractivity (Wildman–Crippen MR) is 74.9 cm³/mol. The van der Waals surface area contributed by atoms with Gasteiger partial charge in [0.1, 0.15) is 0 Å². The largest absolute Gasteiger partial charge is 0.264 e. The van der Waals surface area contributed by atoms with Crippen LogP contribution in [0.1, 0.15) is 33.3 Å². The van der Waals surface area contributed by atoms with Crippen molar-refractivity contribution in [2.75, 3.05) is 0 Å². The SMILES string of the molecule is CC.CC.Cc1cnccc1-c1ccccn1. The zero-order valence-electron chi connectivity index (χ0n) is 11.4. The first-order valence-electron chi connectivity index (χ1n) is 6.20. The van der Waals surface area contributed by atoms with E-state index in [9.17, 15) is 0 Å². The van der Waals surface area contributed by atoms with Crippen molar-refractivity contribution >= 4 is 0 Å². The molecule has 2 rings (SSSR count). The molecule has 2 aromatic heterocycles. The molecule has 0 amide bonds. The van der Waals surface area contributed by atoms with Crippen molar-refractivity contribution in [2.24, 2.45) is 0 Å². The summed E-state index contributed by atoms with van der Waals surface area (Å²) in [6.07, 6.45) is 5.44. The third-order valence-electron chi connectivity index (χ3n) is 1.96. The molecule has 2 nitrogen and oxygen atoms in total. The van der Waals surface area contributed by atoms with E-state index >= 15 is 0 Å². The lowest BCUT2D eigenvalue weighted by Gasteiger charge is -2.02. The number of pyridine rings is 2. The molecule has 0 saturated heterocycles. The van der Waals surface area contributed by atoms with Gasteiger partial charge in [-0.1, -0.05) is 33.8 Å². The molecule has 0 aliphatic rings. The molecule has 17 heavy (non-hydrogen) atoms. The summed E-state index contributed by atoms with van der Waals surface area (Å²) >= 11 is 0. The minimum atomic E-state index is 1.00. The van der Waals surface area contributed by atoms with Crippen molar-refractivity contribution in [3.05, 3.63) is 48.4 Å². The van der Waals surface area contributed by atoms with Gasteiger partial charge in [0, 0.05) is 24.2 Å². The molecule has 0 unspecified atom stereocenters. The number of rotatable bonds is 1. The molecule has 0 aliphatic heterocycles. The zero-order valence-corrected chi connectivity index (χ0v) is 11.4. The lowest BCUT2D eigenvalue weighted by molar-refractivity contribution is 1.24. The quantitative estimate of drug-likeness (QED) is 0.720. The summed E-state index contributed by atoms with van der Waals surface area (Å²) < 4.78 is 0. The van der Waals surface area contributed by atoms with Gasteiger partial charge in [-0.05, 0) is 30.7 Å². The van der Waals surface area contributed by atoms with Crippen LogP contribution < -0.4 is 0 Å². The molecule has 0 N–H and O–H groups in total. The fourth-order valence-electron chi connectivity index (χ4n) is 1.28. The third-order valence-corrected chi connectivity index (χ3v) is 1.96. The van der Waals surface area contributed by atoms with E-state index in [0.717, 1.165) is 16.8 Å². The Morgan fingerprint density at radius 3 is 2.12 bits per heavy atom. The van der Waals surface area contributed by atoms with Gasteiger partial charge in [0.2, 0.25) is 0 Å². The Balaban J connectivity index is 0.000000581. The van der Waals surface area contributed by atoms with Crippen molar-refractivity contribution in [3.8, 4) is 11.3 Å². The van der Waals surface area contributed by atoms with Crippen LogP contribution in [0.5, 0.6) is 0 Å². The number of nitrogens with zero attached hydrogens (tertiary/aromatic N) is 2. The van der Waals surface area contributed by atoms with Crippen molar-refractivity contribution < 1.29 is 0 Å². The molecule has 0 spiro atoms. The van der Waals surface area contributed by atoms with Crippen LogP contribution in [0.15, 0.2) is 42.9 Å². The molecule has 0 fully saturated rings. The summed E-state index contributed by atoms with van der Waals surface area (Å²) in [5, 5.41) is 0. The zero-order chi connectivity index (χ0) is 13.1. The summed E-state index contributed by atoms with van der Waals surface area (Å²) in [5.74, 6) is 0. The Kier molecular flexibility index (Phi) is 8.57. The summed E-state index contributed by atoms with van der Waals surface area (Å²) in [7, 11) is 0. The van der Waals surface area contributed by atoms with Crippen LogP contribution in [0.3, 0.4) is 0 Å². The fourth-order valence-corrected chi connectivity index (χ4v) is 1.28. The van der Waals surface area contributed by atoms with Gasteiger partial charge in [-0.25, -0.2) is 0 Å². The summed E-state index contributed by atoms with van der Waals surface area (Å²) in [5.41, 5.74) is 3.30. The standard InChI is InChI=1S/C11H10N2.2C2H6/c1-9-8-12-7-5-10(9)11-4-2-3-6-13-11;2*1-2/h2-8H,1H3;2*1-2H3. The van der Waals surface area contributed by atoms with Crippen LogP contribution >= 0.6 is 0 Å². The van der Waals surface area contributed by atoms with Crippen LogP contribution in [0.25, 0.3) is 11.3 Å². The molecule has 0 aliphatic carbocycles. The lowest BCUT2D eigenvalue weighted by Crippen LogP contribution is -1.86. The Morgan fingerprint density at radius 2 is 1.59 bits per heavy atom. The average Bonchev–Trinajstić information content (AvgIpc) is 2.45. The van der Waals surface area contributed by atoms with Gasteiger partial charge in [-0.2, -0.15) is 0 Å². The van der Waals surface area contributed by atoms with Crippen LogP contribution in [-0.2, 0) is 0 Å². The number of aromatic nitrogens is 2. The van der Waals surface area contributed by atoms with E-state index in [1.165, 1.54) is 0 Å². The molecule has 2 heteroatoms. The lowest BCUT2D eigenvalue weighted by atomic mass is 10.1. The minimum absolute atomic E-state index is 1.00. The van der Waals surface area contributed by atoms with Gasteiger partial charge in [0.05, 0.1) is 5.69 Å². The maximum atomic E-state index is 4.28. The summed E-state index contributed by atoms with van der Waals surface area (Å²) in [6.45, 7) is 10.0. The van der Waals surface area contributed by atoms with Gasteiger partial charge in [0.15, 0.2) is 0 Å². The van der Waals surface area contributed by atoms with Gasteiger partial charge in [0.25, 0.3) is 0 Å². The number of hydrogen-bond donors (Lipinski definition) is 0. The number of hydrogen-bond acceptors (Lipinski definition) is 2. The first kappa shape index (κ1) is 15.3. The van der Waals surface area contributed by atoms with Crippen LogP contribution in [0.2, 0.25) is 0 Å². The molecule has 2 heterocycles. The van der Waals surface area contributed by atoms with E-state index in [1.807, 2.05) is 65.1 Å². The van der Waals surface area contributed by atoms with Gasteiger partial charge >= 0.3 is 0 Å². The van der Waals surface area contributed by atoms with Crippen molar-refractivity contribution in [1.82, 2.24) is 9.97 Å². The molecular weight excluding hydrogens is 208 g/mol. The molecular formula is C15H22N2. The molecule has 0 saturated carbocycles. The minimum Gasteiger partial charge on any atom is -0.264 e. The van der Waals surface area contributed by atoms with E-state index < -0.39 is 0 Å². The normalized spacial score (nSPS) is 8.29. The molecule has 0 radical (unpaired) electrons. The first-order chi connectivity index (χ1) is 8.38. The second kappa shape index (κ2) is 9.52. The Bertz CT molecular complexity index is 397. The third kappa shape index (κ3) is 4.77. The van der Waals surface area contributed by atoms with Crippen molar-refractivity contribution in [3.63, 3.8) is 0 Å². The highest BCUT2D eigenvalue weighted by Gasteiger charge is 2.00. The Labute approximate surface area is 105 Å². The first-order valence-corrected chi connectivity index (χ1v) is 6.20. The van der Waals surface area contributed by atoms with E-state index in [2.05, 4.69) is 9.97 Å². The van der Waals surface area contributed by atoms with Gasteiger partial charge < -0.3 is 0 Å². The van der Waals surface area contributed by atoms with E-state index in [1.54, 1.807) is 12.4 Å². The molecule has 2 aromatic rings. The maximum absolute atomic E-state index is 4.28. The maximum Gasteiger partial charge on any atom is 0.0705 e. The highest BCUT2D eigenvalue weighted by atomic mass is 14.7. The highest BCUT2D eigenvalue weighted by molar-refractivity contribution is 5.61. The van der Waals surface area contributed by atoms with E-state index in [0.29, 0.717) is 0 Å². The Morgan fingerprint density at radius 1 is 0.882 bits per heavy atom. The van der Waals surface area contributed by atoms with E-state index in [-0.39, 0.29) is 0 Å². The second-order valence-corrected chi connectivity index (χ2v) is 2.91. The topological polar surface area (TPSA) is 25.8 Å². The summed E-state index contributed by atoms with van der Waals surface area (Å²) in [6, 6.07) is 7.89. The predicted octanol–water partition coefficient (Wildman–Crippen LogP) is 4.50. The van der Waals surface area contributed by atoms with Crippen LogP contribution in [0.4, 0.5) is 0 Å². The molecule has 0 aromatic carbocycles. The smallest absolute Gasteiger partial charge is 0.0705 e. The Hall–Kier alpha value is -1.70. The van der Waals surface area contributed by atoms with Crippen molar-refractivity contribution in [1.29, 1.82) is 0 Å².